The van der Waals surface area contributed by atoms with Crippen LogP contribution < -0.4 is 15.4 Å². The third-order valence-electron chi connectivity index (χ3n) is 4.36. The number of carbonyl (C=O) groups is 3. The monoisotopic (exact) mass is 436 g/mol. The first kappa shape index (κ1) is 22.1. The van der Waals surface area contributed by atoms with Crippen LogP contribution in [0.5, 0.6) is 5.75 Å². The number of anilines is 1. The number of hydrogen-bond donors (Lipinski definition) is 2. The summed E-state index contributed by atoms with van der Waals surface area (Å²) in [5.41, 5.74) is 2.68. The van der Waals surface area contributed by atoms with Gasteiger partial charge in [-0.15, -0.1) is 0 Å². The number of esters is 1. The molecular formula is C24H21ClN2O4. The Morgan fingerprint density at radius 2 is 1.68 bits per heavy atom. The van der Waals surface area contributed by atoms with E-state index in [2.05, 4.69) is 10.6 Å². The molecule has 158 valence electrons. The Morgan fingerprint density at radius 3 is 2.39 bits per heavy atom. The minimum absolute atomic E-state index is 0.165. The molecule has 31 heavy (non-hydrogen) atoms. The van der Waals surface area contributed by atoms with Crippen molar-refractivity contribution in [1.82, 2.24) is 5.32 Å². The fourth-order valence-electron chi connectivity index (χ4n) is 2.88. The van der Waals surface area contributed by atoms with Crippen molar-refractivity contribution in [2.24, 2.45) is 0 Å². The van der Waals surface area contributed by atoms with Crippen LogP contribution in [-0.2, 0) is 22.6 Å². The summed E-state index contributed by atoms with van der Waals surface area (Å²) in [4.78, 5) is 35.6. The molecule has 0 aliphatic heterocycles. The second kappa shape index (κ2) is 10.4. The van der Waals surface area contributed by atoms with Crippen LogP contribution in [0.4, 0.5) is 5.69 Å². The van der Waals surface area contributed by atoms with E-state index in [4.69, 9.17) is 16.3 Å². The van der Waals surface area contributed by atoms with Crippen LogP contribution in [0.25, 0.3) is 0 Å². The second-order valence-electron chi connectivity index (χ2n) is 6.82. The summed E-state index contributed by atoms with van der Waals surface area (Å²) in [6.45, 7) is 1.61. The van der Waals surface area contributed by atoms with E-state index >= 15 is 0 Å². The van der Waals surface area contributed by atoms with Crippen LogP contribution in [0.1, 0.15) is 28.4 Å². The number of halogens is 1. The summed E-state index contributed by atoms with van der Waals surface area (Å²) in [6, 6.07) is 20.8. The van der Waals surface area contributed by atoms with E-state index in [0.717, 1.165) is 11.1 Å². The molecule has 3 aromatic carbocycles. The van der Waals surface area contributed by atoms with Gasteiger partial charge >= 0.3 is 5.97 Å². The molecule has 0 heterocycles. The highest BCUT2D eigenvalue weighted by molar-refractivity contribution is 6.31. The van der Waals surface area contributed by atoms with Gasteiger partial charge in [0.1, 0.15) is 5.75 Å². The molecule has 6 nitrogen and oxygen atoms in total. The van der Waals surface area contributed by atoms with Crippen molar-refractivity contribution in [3.05, 3.63) is 94.5 Å². The van der Waals surface area contributed by atoms with Crippen LogP contribution in [0.3, 0.4) is 0 Å². The normalized spacial score (nSPS) is 10.3. The minimum Gasteiger partial charge on any atom is -0.427 e. The summed E-state index contributed by atoms with van der Waals surface area (Å²) in [6.07, 6.45) is 0.184. The van der Waals surface area contributed by atoms with Crippen LogP contribution in [0, 0.1) is 0 Å². The zero-order chi connectivity index (χ0) is 22.2. The van der Waals surface area contributed by atoms with E-state index in [1.54, 1.807) is 36.4 Å². The third kappa shape index (κ3) is 6.69. The van der Waals surface area contributed by atoms with E-state index in [0.29, 0.717) is 28.6 Å². The van der Waals surface area contributed by atoms with Crippen molar-refractivity contribution < 1.29 is 19.1 Å². The molecule has 0 fully saturated rings. The molecular weight excluding hydrogens is 416 g/mol. The highest BCUT2D eigenvalue weighted by atomic mass is 35.5. The fraction of sp³-hybridized carbons (Fsp3) is 0.125. The van der Waals surface area contributed by atoms with Gasteiger partial charge in [-0.05, 0) is 47.5 Å². The highest BCUT2D eigenvalue weighted by Gasteiger charge is 2.09. The molecule has 0 aliphatic rings. The molecule has 2 N–H and O–H groups in total. The van der Waals surface area contributed by atoms with E-state index in [9.17, 15) is 14.4 Å². The lowest BCUT2D eigenvalue weighted by Crippen LogP contribution is -2.22. The summed E-state index contributed by atoms with van der Waals surface area (Å²) in [7, 11) is 0. The van der Waals surface area contributed by atoms with Crippen molar-refractivity contribution in [1.29, 1.82) is 0 Å². The van der Waals surface area contributed by atoms with E-state index in [-0.39, 0.29) is 18.2 Å². The molecule has 0 spiro atoms. The van der Waals surface area contributed by atoms with Gasteiger partial charge in [0.05, 0.1) is 6.42 Å². The van der Waals surface area contributed by atoms with Crippen molar-refractivity contribution in [3.8, 4) is 5.75 Å². The maximum Gasteiger partial charge on any atom is 0.308 e. The Kier molecular flexibility index (Phi) is 7.40. The van der Waals surface area contributed by atoms with Crippen molar-refractivity contribution in [2.75, 3.05) is 5.32 Å². The van der Waals surface area contributed by atoms with Crippen LogP contribution in [-0.4, -0.2) is 17.8 Å². The predicted octanol–water partition coefficient (Wildman–Crippen LogP) is 4.38. The van der Waals surface area contributed by atoms with Gasteiger partial charge in [0.2, 0.25) is 5.91 Å². The maximum absolute atomic E-state index is 12.4. The predicted molar refractivity (Wildman–Crippen MR) is 119 cm³/mol. The molecule has 7 heteroatoms. The number of carbonyl (C=O) groups excluding carboxylic acids is 3. The van der Waals surface area contributed by atoms with Gasteiger partial charge in [-0.1, -0.05) is 48.0 Å². The smallest absolute Gasteiger partial charge is 0.308 e. The molecule has 0 atom stereocenters. The Balaban J connectivity index is 1.52. The molecule has 0 saturated heterocycles. The van der Waals surface area contributed by atoms with E-state index in [1.165, 1.54) is 13.0 Å². The molecule has 2 amide bonds. The van der Waals surface area contributed by atoms with Gasteiger partial charge in [-0.3, -0.25) is 14.4 Å². The Bertz CT molecular complexity index is 1100. The fourth-order valence-corrected chi connectivity index (χ4v) is 3.08. The topological polar surface area (TPSA) is 84.5 Å². The van der Waals surface area contributed by atoms with Crippen molar-refractivity contribution >= 4 is 35.1 Å². The lowest BCUT2D eigenvalue weighted by molar-refractivity contribution is -0.131. The van der Waals surface area contributed by atoms with Crippen molar-refractivity contribution in [3.63, 3.8) is 0 Å². The van der Waals surface area contributed by atoms with Crippen LogP contribution in [0.15, 0.2) is 72.8 Å². The number of ether oxygens (including phenoxy) is 1. The zero-order valence-corrected chi connectivity index (χ0v) is 17.6. The van der Waals surface area contributed by atoms with Gasteiger partial charge in [-0.25, -0.2) is 0 Å². The van der Waals surface area contributed by atoms with E-state index < -0.39 is 5.97 Å². The van der Waals surface area contributed by atoms with Crippen LogP contribution in [0.2, 0.25) is 5.02 Å². The first-order valence-electron chi connectivity index (χ1n) is 9.59. The van der Waals surface area contributed by atoms with Gasteiger partial charge in [0.15, 0.2) is 0 Å². The first-order chi connectivity index (χ1) is 14.9. The second-order valence-corrected chi connectivity index (χ2v) is 7.22. The highest BCUT2D eigenvalue weighted by Crippen LogP contribution is 2.17. The molecule has 0 aliphatic carbocycles. The number of rotatable bonds is 7. The van der Waals surface area contributed by atoms with Gasteiger partial charge < -0.3 is 15.4 Å². The van der Waals surface area contributed by atoms with Crippen LogP contribution >= 0.6 is 11.6 Å². The third-order valence-corrected chi connectivity index (χ3v) is 4.73. The molecule has 0 unspecified atom stereocenters. The quantitative estimate of drug-likeness (QED) is 0.425. The Hall–Kier alpha value is -3.64. The standard InChI is InChI=1S/C24H21ClN2O4/c1-16(28)31-21-7-4-6-19(13-21)24(30)26-15-17-9-11-20(12-10-17)27-23(29)14-18-5-2-3-8-22(18)25/h2-13H,14-15H2,1H3,(H,26,30)(H,27,29). The average molecular weight is 437 g/mol. The zero-order valence-electron chi connectivity index (χ0n) is 16.9. The molecule has 0 saturated carbocycles. The lowest BCUT2D eigenvalue weighted by atomic mass is 10.1. The summed E-state index contributed by atoms with van der Waals surface area (Å²) in [5.74, 6) is -0.582. The summed E-state index contributed by atoms with van der Waals surface area (Å²) < 4.78 is 5.00. The molecule has 0 aromatic heterocycles. The Labute approximate surface area is 185 Å². The minimum atomic E-state index is -0.448. The number of amides is 2. The molecule has 0 radical (unpaired) electrons. The number of hydrogen-bond acceptors (Lipinski definition) is 4. The molecule has 3 aromatic rings. The SMILES string of the molecule is CC(=O)Oc1cccc(C(=O)NCc2ccc(NC(=O)Cc3ccccc3Cl)cc2)c1. The van der Waals surface area contributed by atoms with E-state index in [1.807, 2.05) is 30.3 Å². The number of nitrogens with one attached hydrogen (secondary N) is 2. The molecule has 3 rings (SSSR count). The van der Waals surface area contributed by atoms with Crippen molar-refractivity contribution in [2.45, 2.75) is 19.9 Å². The first-order valence-corrected chi connectivity index (χ1v) is 9.97. The maximum atomic E-state index is 12.4. The number of benzene rings is 3. The summed E-state index contributed by atoms with van der Waals surface area (Å²) in [5, 5.41) is 6.20. The largest absolute Gasteiger partial charge is 0.427 e. The van der Waals surface area contributed by atoms with Gasteiger partial charge in [0, 0.05) is 29.7 Å². The molecule has 0 bridgehead atoms. The lowest BCUT2D eigenvalue weighted by Gasteiger charge is -2.09. The van der Waals surface area contributed by atoms with Gasteiger partial charge in [0.25, 0.3) is 5.91 Å². The van der Waals surface area contributed by atoms with Gasteiger partial charge in [-0.2, -0.15) is 0 Å². The Morgan fingerprint density at radius 1 is 0.935 bits per heavy atom. The summed E-state index contributed by atoms with van der Waals surface area (Å²) >= 11 is 6.09. The average Bonchev–Trinajstić information content (AvgIpc) is 2.74.